The van der Waals surface area contributed by atoms with Crippen LogP contribution in [0, 0.1) is 13.8 Å². The predicted molar refractivity (Wildman–Crippen MR) is 103 cm³/mol. The summed E-state index contributed by atoms with van der Waals surface area (Å²) in [5, 5.41) is 12.4. The van der Waals surface area contributed by atoms with Crippen LogP contribution < -0.4 is 5.32 Å². The fourth-order valence-electron chi connectivity index (χ4n) is 3.02. The average molecular weight is 351 g/mol. The number of aromatic hydroxyl groups is 1. The molecule has 0 atom stereocenters. The molecule has 0 saturated heterocycles. The molecule has 0 radical (unpaired) electrons. The topological polar surface area (TPSA) is 78.0 Å². The van der Waals surface area contributed by atoms with E-state index in [9.17, 15) is 9.90 Å². The number of H-pyrrole nitrogens is 1. The first-order chi connectivity index (χ1) is 12.5. The number of imidazole rings is 1. The van der Waals surface area contributed by atoms with Gasteiger partial charge in [-0.2, -0.15) is 0 Å². The van der Waals surface area contributed by atoms with Crippen LogP contribution in [0.15, 0.2) is 36.4 Å². The van der Waals surface area contributed by atoms with Crippen molar-refractivity contribution < 1.29 is 9.90 Å². The predicted octanol–water partition coefficient (Wildman–Crippen LogP) is 3.57. The first-order valence-corrected chi connectivity index (χ1v) is 9.02. The van der Waals surface area contributed by atoms with E-state index in [0.29, 0.717) is 19.4 Å². The molecule has 3 rings (SSSR count). The molecule has 0 unspecified atom stereocenters. The summed E-state index contributed by atoms with van der Waals surface area (Å²) in [5.41, 5.74) is 5.53. The van der Waals surface area contributed by atoms with Gasteiger partial charge in [0.1, 0.15) is 11.6 Å². The molecule has 3 aromatic rings. The van der Waals surface area contributed by atoms with E-state index in [0.717, 1.165) is 35.3 Å². The summed E-state index contributed by atoms with van der Waals surface area (Å²) >= 11 is 0. The Balaban J connectivity index is 1.42. The van der Waals surface area contributed by atoms with Gasteiger partial charge in [0.15, 0.2) is 0 Å². The number of hydrogen-bond acceptors (Lipinski definition) is 3. The molecule has 5 nitrogen and oxygen atoms in total. The van der Waals surface area contributed by atoms with Crippen LogP contribution >= 0.6 is 0 Å². The zero-order chi connectivity index (χ0) is 18.5. The van der Waals surface area contributed by atoms with Gasteiger partial charge in [-0.05, 0) is 61.6 Å². The van der Waals surface area contributed by atoms with Crippen molar-refractivity contribution in [1.29, 1.82) is 0 Å². The molecule has 0 saturated carbocycles. The Morgan fingerprint density at radius 1 is 1.19 bits per heavy atom. The van der Waals surface area contributed by atoms with Gasteiger partial charge in [-0.3, -0.25) is 4.79 Å². The summed E-state index contributed by atoms with van der Waals surface area (Å²) in [7, 11) is 0. The number of aryl methyl sites for hydroxylation is 4. The van der Waals surface area contributed by atoms with E-state index in [1.165, 1.54) is 11.1 Å². The minimum absolute atomic E-state index is 0.0319. The van der Waals surface area contributed by atoms with Gasteiger partial charge in [0.2, 0.25) is 5.91 Å². The van der Waals surface area contributed by atoms with Gasteiger partial charge in [-0.25, -0.2) is 4.98 Å². The highest BCUT2D eigenvalue weighted by Gasteiger charge is 2.07. The van der Waals surface area contributed by atoms with Crippen LogP contribution in [-0.4, -0.2) is 27.5 Å². The monoisotopic (exact) mass is 351 g/mol. The van der Waals surface area contributed by atoms with Gasteiger partial charge in [0.05, 0.1) is 11.0 Å². The highest BCUT2D eigenvalue weighted by Crippen LogP contribution is 2.19. The lowest BCUT2D eigenvalue weighted by Crippen LogP contribution is -2.25. The van der Waals surface area contributed by atoms with Gasteiger partial charge in [-0.15, -0.1) is 0 Å². The van der Waals surface area contributed by atoms with Gasteiger partial charge in [0.25, 0.3) is 0 Å². The van der Waals surface area contributed by atoms with Crippen molar-refractivity contribution >= 4 is 16.9 Å². The van der Waals surface area contributed by atoms with Gasteiger partial charge < -0.3 is 15.4 Å². The molecule has 5 heteroatoms. The average Bonchev–Trinajstić information content (AvgIpc) is 3.04. The van der Waals surface area contributed by atoms with E-state index < -0.39 is 0 Å². The molecule has 1 amide bonds. The number of rotatable bonds is 7. The number of benzene rings is 2. The zero-order valence-electron chi connectivity index (χ0n) is 15.3. The van der Waals surface area contributed by atoms with E-state index in [1.807, 2.05) is 6.07 Å². The van der Waals surface area contributed by atoms with Gasteiger partial charge >= 0.3 is 0 Å². The van der Waals surface area contributed by atoms with Crippen molar-refractivity contribution in [3.63, 3.8) is 0 Å². The number of aromatic nitrogens is 2. The number of aromatic amines is 1. The molecule has 26 heavy (non-hydrogen) atoms. The Morgan fingerprint density at radius 2 is 2.04 bits per heavy atom. The number of hydrogen-bond donors (Lipinski definition) is 3. The third-order valence-corrected chi connectivity index (χ3v) is 4.69. The van der Waals surface area contributed by atoms with Crippen LogP contribution in [-0.2, 0) is 17.6 Å². The number of phenolic OH excluding ortho intramolecular Hbond substituents is 1. The zero-order valence-corrected chi connectivity index (χ0v) is 15.3. The van der Waals surface area contributed by atoms with Crippen molar-refractivity contribution in [2.45, 2.75) is 39.5 Å². The number of nitrogens with one attached hydrogen (secondary N) is 2. The number of nitrogens with zero attached hydrogens (tertiary/aromatic N) is 1. The fourth-order valence-corrected chi connectivity index (χ4v) is 3.02. The van der Waals surface area contributed by atoms with Crippen molar-refractivity contribution in [3.05, 3.63) is 58.9 Å². The van der Waals surface area contributed by atoms with Gasteiger partial charge in [-0.1, -0.05) is 18.2 Å². The molecule has 0 fully saturated rings. The number of carbonyl (C=O) groups is 1. The summed E-state index contributed by atoms with van der Waals surface area (Å²) in [5.74, 6) is 1.23. The van der Waals surface area contributed by atoms with Crippen LogP contribution in [0.1, 0.15) is 35.4 Å². The Morgan fingerprint density at radius 3 is 2.85 bits per heavy atom. The molecule has 136 valence electrons. The lowest BCUT2D eigenvalue weighted by Gasteiger charge is -2.05. The number of amides is 1. The minimum Gasteiger partial charge on any atom is -0.508 e. The highest BCUT2D eigenvalue weighted by atomic mass is 16.3. The van der Waals surface area contributed by atoms with Gasteiger partial charge in [0, 0.05) is 19.4 Å². The first kappa shape index (κ1) is 18.0. The second kappa shape index (κ2) is 8.04. The van der Waals surface area contributed by atoms with Crippen molar-refractivity contribution in [1.82, 2.24) is 15.3 Å². The number of carbonyl (C=O) groups excluding carboxylic acids is 1. The third-order valence-electron chi connectivity index (χ3n) is 4.69. The molecular formula is C21H25N3O2. The summed E-state index contributed by atoms with van der Waals surface area (Å²) in [6.07, 6.45) is 2.70. The Labute approximate surface area is 153 Å². The largest absolute Gasteiger partial charge is 0.508 e. The molecule has 0 aliphatic heterocycles. The maximum atomic E-state index is 11.9. The van der Waals surface area contributed by atoms with Crippen molar-refractivity contribution in [3.8, 4) is 5.75 Å². The molecule has 2 aromatic carbocycles. The standard InChI is InChI=1S/C21H25N3O2/c1-14-8-10-18-21(15(14)2)24-19(23-18)7-4-12-22-20(26)11-9-16-5-3-6-17(25)13-16/h3,5-6,8,10,13,25H,4,7,9,11-12H2,1-2H3,(H,22,26)(H,23,24). The maximum Gasteiger partial charge on any atom is 0.220 e. The van der Waals surface area contributed by atoms with E-state index in [2.05, 4.69) is 41.3 Å². The lowest BCUT2D eigenvalue weighted by molar-refractivity contribution is -0.121. The highest BCUT2D eigenvalue weighted by molar-refractivity contribution is 5.79. The third kappa shape index (κ3) is 4.42. The quantitative estimate of drug-likeness (QED) is 0.570. The van der Waals surface area contributed by atoms with E-state index in [4.69, 9.17) is 0 Å². The first-order valence-electron chi connectivity index (χ1n) is 9.02. The molecule has 0 aliphatic rings. The lowest BCUT2D eigenvalue weighted by atomic mass is 10.1. The Hall–Kier alpha value is -2.82. The molecular weight excluding hydrogens is 326 g/mol. The summed E-state index contributed by atoms with van der Waals surface area (Å²) < 4.78 is 0. The van der Waals surface area contributed by atoms with Crippen LogP contribution in [0.25, 0.3) is 11.0 Å². The number of phenols is 1. The molecule has 0 aliphatic carbocycles. The molecule has 1 aromatic heterocycles. The van der Waals surface area contributed by atoms with Crippen LogP contribution in [0.5, 0.6) is 5.75 Å². The number of fused-ring (bicyclic) bond motifs is 1. The van der Waals surface area contributed by atoms with Crippen molar-refractivity contribution in [2.24, 2.45) is 0 Å². The van der Waals surface area contributed by atoms with Crippen LogP contribution in [0.4, 0.5) is 0 Å². The minimum atomic E-state index is 0.0319. The maximum absolute atomic E-state index is 11.9. The summed E-state index contributed by atoms with van der Waals surface area (Å²) in [6.45, 7) is 4.82. The second-order valence-corrected chi connectivity index (χ2v) is 6.71. The molecule has 1 heterocycles. The Bertz CT molecular complexity index is 915. The van der Waals surface area contributed by atoms with E-state index >= 15 is 0 Å². The summed E-state index contributed by atoms with van der Waals surface area (Å²) in [6, 6.07) is 11.2. The second-order valence-electron chi connectivity index (χ2n) is 6.71. The molecule has 0 bridgehead atoms. The SMILES string of the molecule is Cc1ccc2[nH]c(CCCNC(=O)CCc3cccc(O)c3)nc2c1C. The smallest absolute Gasteiger partial charge is 0.220 e. The Kier molecular flexibility index (Phi) is 5.56. The van der Waals surface area contributed by atoms with Crippen LogP contribution in [0.3, 0.4) is 0 Å². The molecule has 0 spiro atoms. The fraction of sp³-hybridized carbons (Fsp3) is 0.333. The normalized spacial score (nSPS) is 11.0. The van der Waals surface area contributed by atoms with E-state index in [-0.39, 0.29) is 11.7 Å². The summed E-state index contributed by atoms with van der Waals surface area (Å²) in [4.78, 5) is 20.0. The van der Waals surface area contributed by atoms with Crippen LogP contribution in [0.2, 0.25) is 0 Å². The van der Waals surface area contributed by atoms with E-state index in [1.54, 1.807) is 18.2 Å². The van der Waals surface area contributed by atoms with Crippen molar-refractivity contribution in [2.75, 3.05) is 6.54 Å². The molecule has 3 N–H and O–H groups in total.